The summed E-state index contributed by atoms with van der Waals surface area (Å²) in [5.74, 6) is 0.105. The number of amides is 2. The van der Waals surface area contributed by atoms with E-state index < -0.39 is 12.8 Å². The lowest BCUT2D eigenvalue weighted by Crippen LogP contribution is -2.43. The molecular formula is C16H21F3N2O3. The predicted octanol–water partition coefficient (Wildman–Crippen LogP) is 2.73. The molecule has 134 valence electrons. The fraction of sp³-hybridized carbons (Fsp3) is 0.562. The number of hydrogen-bond donors (Lipinski definition) is 3. The van der Waals surface area contributed by atoms with Gasteiger partial charge in [-0.15, -0.1) is 0 Å². The molecule has 1 aromatic rings. The third-order valence-corrected chi connectivity index (χ3v) is 3.79. The highest BCUT2D eigenvalue weighted by Gasteiger charge is 2.28. The van der Waals surface area contributed by atoms with Crippen LogP contribution in [0.3, 0.4) is 0 Å². The molecule has 2 rings (SSSR count). The van der Waals surface area contributed by atoms with Crippen LogP contribution in [0.15, 0.2) is 24.3 Å². The summed E-state index contributed by atoms with van der Waals surface area (Å²) in [6.07, 6.45) is -1.87. The molecule has 0 spiro atoms. The van der Waals surface area contributed by atoms with Crippen molar-refractivity contribution in [2.24, 2.45) is 0 Å². The van der Waals surface area contributed by atoms with Crippen LogP contribution >= 0.6 is 0 Å². The van der Waals surface area contributed by atoms with Gasteiger partial charge in [-0.3, -0.25) is 0 Å². The van der Waals surface area contributed by atoms with Gasteiger partial charge in [0.15, 0.2) is 6.61 Å². The fourth-order valence-electron chi connectivity index (χ4n) is 2.55. The average molecular weight is 346 g/mol. The minimum atomic E-state index is -4.39. The Hall–Kier alpha value is -1.96. The van der Waals surface area contributed by atoms with Crippen molar-refractivity contribution < 1.29 is 27.8 Å². The van der Waals surface area contributed by atoms with Crippen LogP contribution in [0.1, 0.15) is 31.2 Å². The van der Waals surface area contributed by atoms with Crippen LogP contribution in [-0.2, 0) is 6.54 Å². The first kappa shape index (κ1) is 18.4. The first-order valence-electron chi connectivity index (χ1n) is 7.83. The summed E-state index contributed by atoms with van der Waals surface area (Å²) in [6.45, 7) is -1.16. The number of rotatable bonds is 5. The standard InChI is InChI=1S/C16H21F3N2O3/c17-16(18,19)10-24-14-3-1-2-11(8-14)9-20-15(23)21-12-4-6-13(22)7-5-12/h1-3,8,12-13,22H,4-7,9-10H2,(H2,20,21,23). The van der Waals surface area contributed by atoms with Gasteiger partial charge in [-0.1, -0.05) is 12.1 Å². The quantitative estimate of drug-likeness (QED) is 0.768. The number of benzene rings is 1. The number of hydrogen-bond acceptors (Lipinski definition) is 3. The number of urea groups is 1. The summed E-state index contributed by atoms with van der Waals surface area (Å²) >= 11 is 0. The number of aliphatic hydroxyl groups is 1. The molecule has 1 fully saturated rings. The van der Waals surface area contributed by atoms with E-state index in [-0.39, 0.29) is 30.5 Å². The minimum Gasteiger partial charge on any atom is -0.484 e. The van der Waals surface area contributed by atoms with E-state index in [1.54, 1.807) is 12.1 Å². The van der Waals surface area contributed by atoms with Crippen LogP contribution in [0, 0.1) is 0 Å². The van der Waals surface area contributed by atoms with Gasteiger partial charge in [0.1, 0.15) is 5.75 Å². The Morgan fingerprint density at radius 3 is 2.62 bits per heavy atom. The molecule has 1 saturated carbocycles. The van der Waals surface area contributed by atoms with E-state index in [9.17, 15) is 23.1 Å². The van der Waals surface area contributed by atoms with Gasteiger partial charge in [0.25, 0.3) is 0 Å². The van der Waals surface area contributed by atoms with Gasteiger partial charge in [0, 0.05) is 12.6 Å². The zero-order valence-corrected chi connectivity index (χ0v) is 13.1. The van der Waals surface area contributed by atoms with E-state index in [1.807, 2.05) is 0 Å². The van der Waals surface area contributed by atoms with E-state index in [1.165, 1.54) is 12.1 Å². The highest BCUT2D eigenvalue weighted by atomic mass is 19.4. The molecule has 2 amide bonds. The molecule has 0 aliphatic heterocycles. The van der Waals surface area contributed by atoms with Crippen LogP contribution in [0.4, 0.5) is 18.0 Å². The Morgan fingerprint density at radius 2 is 1.96 bits per heavy atom. The molecule has 5 nitrogen and oxygen atoms in total. The molecule has 3 N–H and O–H groups in total. The van der Waals surface area contributed by atoms with Crippen molar-refractivity contribution in [3.05, 3.63) is 29.8 Å². The van der Waals surface area contributed by atoms with Crippen LogP contribution in [-0.4, -0.2) is 36.1 Å². The number of carbonyl (C=O) groups is 1. The van der Waals surface area contributed by atoms with Crippen molar-refractivity contribution in [1.29, 1.82) is 0 Å². The normalized spacial score (nSPS) is 21.2. The second-order valence-corrected chi connectivity index (χ2v) is 5.88. The van der Waals surface area contributed by atoms with Gasteiger partial charge < -0.3 is 20.5 Å². The molecule has 0 atom stereocenters. The Balaban J connectivity index is 1.76. The molecule has 1 aliphatic rings. The maximum Gasteiger partial charge on any atom is 0.422 e. The largest absolute Gasteiger partial charge is 0.484 e. The lowest BCUT2D eigenvalue weighted by Gasteiger charge is -2.26. The molecule has 0 heterocycles. The number of carbonyl (C=O) groups excluding carboxylic acids is 1. The summed E-state index contributed by atoms with van der Waals surface area (Å²) in [4.78, 5) is 11.8. The number of aliphatic hydroxyl groups excluding tert-OH is 1. The predicted molar refractivity (Wildman–Crippen MR) is 81.6 cm³/mol. The molecule has 1 aromatic carbocycles. The zero-order chi connectivity index (χ0) is 17.6. The SMILES string of the molecule is O=C(NCc1cccc(OCC(F)(F)F)c1)NC1CCC(O)CC1. The van der Waals surface area contributed by atoms with E-state index in [0.29, 0.717) is 18.4 Å². The number of nitrogens with one attached hydrogen (secondary N) is 2. The zero-order valence-electron chi connectivity index (χ0n) is 13.1. The highest BCUT2D eigenvalue weighted by Crippen LogP contribution is 2.20. The Morgan fingerprint density at radius 1 is 1.25 bits per heavy atom. The lowest BCUT2D eigenvalue weighted by molar-refractivity contribution is -0.153. The van der Waals surface area contributed by atoms with Crippen molar-refractivity contribution in [2.45, 2.75) is 50.6 Å². The molecule has 24 heavy (non-hydrogen) atoms. The Kier molecular flexibility index (Phi) is 6.30. The van der Waals surface area contributed by atoms with E-state index in [0.717, 1.165) is 12.8 Å². The van der Waals surface area contributed by atoms with Crippen LogP contribution < -0.4 is 15.4 Å². The molecule has 0 unspecified atom stereocenters. The monoisotopic (exact) mass is 346 g/mol. The van der Waals surface area contributed by atoms with Crippen LogP contribution in [0.25, 0.3) is 0 Å². The summed E-state index contributed by atoms with van der Waals surface area (Å²) in [5.41, 5.74) is 0.642. The maximum absolute atomic E-state index is 12.1. The fourth-order valence-corrected chi connectivity index (χ4v) is 2.55. The van der Waals surface area contributed by atoms with Crippen molar-refractivity contribution in [3.8, 4) is 5.75 Å². The summed E-state index contributed by atoms with van der Waals surface area (Å²) in [6, 6.07) is 5.86. The van der Waals surface area contributed by atoms with Gasteiger partial charge in [-0.25, -0.2) is 4.79 Å². The van der Waals surface area contributed by atoms with Crippen LogP contribution in [0.5, 0.6) is 5.75 Å². The summed E-state index contributed by atoms with van der Waals surface area (Å²) < 4.78 is 41.1. The average Bonchev–Trinajstić information content (AvgIpc) is 2.53. The van der Waals surface area contributed by atoms with Gasteiger partial charge >= 0.3 is 12.2 Å². The van der Waals surface area contributed by atoms with E-state index in [2.05, 4.69) is 15.4 Å². The van der Waals surface area contributed by atoms with Crippen molar-refractivity contribution >= 4 is 6.03 Å². The maximum atomic E-state index is 12.1. The van der Waals surface area contributed by atoms with Crippen molar-refractivity contribution in [1.82, 2.24) is 10.6 Å². The first-order chi connectivity index (χ1) is 11.3. The van der Waals surface area contributed by atoms with Gasteiger partial charge in [0.2, 0.25) is 0 Å². The minimum absolute atomic E-state index is 0.0369. The Labute approximate surface area is 138 Å². The van der Waals surface area contributed by atoms with Gasteiger partial charge in [0.05, 0.1) is 6.10 Å². The third kappa shape index (κ3) is 6.66. The van der Waals surface area contributed by atoms with Crippen LogP contribution in [0.2, 0.25) is 0 Å². The summed E-state index contributed by atoms with van der Waals surface area (Å²) in [7, 11) is 0. The van der Waals surface area contributed by atoms with E-state index in [4.69, 9.17) is 0 Å². The number of ether oxygens (including phenoxy) is 1. The Bertz CT molecular complexity index is 544. The molecular weight excluding hydrogens is 325 g/mol. The molecule has 1 aliphatic carbocycles. The summed E-state index contributed by atoms with van der Waals surface area (Å²) in [5, 5.41) is 14.9. The smallest absolute Gasteiger partial charge is 0.422 e. The number of halogens is 3. The third-order valence-electron chi connectivity index (χ3n) is 3.79. The highest BCUT2D eigenvalue weighted by molar-refractivity contribution is 5.74. The second-order valence-electron chi connectivity index (χ2n) is 5.88. The molecule has 0 saturated heterocycles. The van der Waals surface area contributed by atoms with E-state index >= 15 is 0 Å². The lowest BCUT2D eigenvalue weighted by atomic mass is 9.93. The molecule has 0 radical (unpaired) electrons. The van der Waals surface area contributed by atoms with Crippen molar-refractivity contribution in [2.75, 3.05) is 6.61 Å². The first-order valence-corrected chi connectivity index (χ1v) is 7.83. The number of alkyl halides is 3. The second kappa shape index (κ2) is 8.23. The van der Waals surface area contributed by atoms with Gasteiger partial charge in [-0.05, 0) is 43.4 Å². The molecule has 8 heteroatoms. The van der Waals surface area contributed by atoms with Crippen molar-refractivity contribution in [3.63, 3.8) is 0 Å². The molecule has 0 aromatic heterocycles. The van der Waals surface area contributed by atoms with Gasteiger partial charge in [-0.2, -0.15) is 13.2 Å². The topological polar surface area (TPSA) is 70.6 Å². The molecule has 0 bridgehead atoms.